The molecule has 0 aliphatic rings. The minimum atomic E-state index is 0.863. The second kappa shape index (κ2) is 5.07. The van der Waals surface area contributed by atoms with E-state index in [9.17, 15) is 0 Å². The van der Waals surface area contributed by atoms with E-state index in [-0.39, 0.29) is 0 Å². The summed E-state index contributed by atoms with van der Waals surface area (Å²) in [6, 6.07) is 2.17. The first-order valence-electron chi connectivity index (χ1n) is 6.32. The Balaban J connectivity index is 1.76. The van der Waals surface area contributed by atoms with E-state index in [1.165, 1.54) is 21.8 Å². The van der Waals surface area contributed by atoms with Crippen LogP contribution in [0.2, 0.25) is 0 Å². The summed E-state index contributed by atoms with van der Waals surface area (Å²) in [6.45, 7) is 8.18. The molecule has 19 heavy (non-hydrogen) atoms. The molecule has 0 aromatic carbocycles. The van der Waals surface area contributed by atoms with Crippen molar-refractivity contribution in [2.24, 2.45) is 0 Å². The third kappa shape index (κ3) is 2.33. The van der Waals surface area contributed by atoms with Crippen LogP contribution < -0.4 is 5.32 Å². The van der Waals surface area contributed by atoms with Crippen LogP contribution in [-0.2, 0) is 13.1 Å². The highest BCUT2D eigenvalue weighted by Gasteiger charge is 2.11. The highest BCUT2D eigenvalue weighted by Crippen LogP contribution is 2.21. The van der Waals surface area contributed by atoms with Gasteiger partial charge in [0.1, 0.15) is 0 Å². The van der Waals surface area contributed by atoms with Gasteiger partial charge in [-0.2, -0.15) is 0 Å². The topological polar surface area (TPSA) is 29.3 Å². The highest BCUT2D eigenvalue weighted by molar-refractivity contribution is 7.15. The average Bonchev–Trinajstić information content (AvgIpc) is 3.01. The van der Waals surface area contributed by atoms with Crippen molar-refractivity contribution in [3.8, 4) is 0 Å². The Morgan fingerprint density at radius 3 is 2.79 bits per heavy atom. The van der Waals surface area contributed by atoms with Crippen molar-refractivity contribution in [1.82, 2.24) is 14.7 Å². The molecular weight excluding hydrogens is 274 g/mol. The van der Waals surface area contributed by atoms with Gasteiger partial charge in [-0.3, -0.25) is 4.40 Å². The molecule has 0 saturated carbocycles. The van der Waals surface area contributed by atoms with Crippen molar-refractivity contribution < 1.29 is 0 Å². The third-order valence-electron chi connectivity index (χ3n) is 3.38. The molecular formula is C14H17N3S2. The second-order valence-corrected chi connectivity index (χ2v) is 6.61. The summed E-state index contributed by atoms with van der Waals surface area (Å²) < 4.78 is 2.26. The molecule has 0 bridgehead atoms. The van der Waals surface area contributed by atoms with Gasteiger partial charge in [0.2, 0.25) is 0 Å². The molecule has 0 radical (unpaired) electrons. The summed E-state index contributed by atoms with van der Waals surface area (Å²) in [7, 11) is 0. The molecule has 3 heterocycles. The van der Waals surface area contributed by atoms with E-state index in [1.54, 1.807) is 11.3 Å². The van der Waals surface area contributed by atoms with Crippen LogP contribution in [0.3, 0.4) is 0 Å². The zero-order valence-corrected chi connectivity index (χ0v) is 13.0. The molecule has 0 atom stereocenters. The molecule has 5 heteroatoms. The van der Waals surface area contributed by atoms with Crippen molar-refractivity contribution in [3.05, 3.63) is 44.3 Å². The summed E-state index contributed by atoms with van der Waals surface area (Å²) in [4.78, 5) is 7.12. The lowest BCUT2D eigenvalue weighted by molar-refractivity contribution is 0.675. The lowest BCUT2D eigenvalue weighted by Gasteiger charge is -2.06. The molecule has 0 saturated heterocycles. The van der Waals surface area contributed by atoms with Crippen LogP contribution in [0.15, 0.2) is 16.8 Å². The number of imidazole rings is 1. The summed E-state index contributed by atoms with van der Waals surface area (Å²) in [5.74, 6) is 0. The maximum Gasteiger partial charge on any atom is 0.194 e. The van der Waals surface area contributed by atoms with Crippen molar-refractivity contribution in [2.45, 2.75) is 33.9 Å². The normalized spacial score (nSPS) is 11.5. The van der Waals surface area contributed by atoms with Crippen LogP contribution in [0.25, 0.3) is 4.96 Å². The van der Waals surface area contributed by atoms with E-state index in [0.717, 1.165) is 23.7 Å². The molecule has 1 N–H and O–H groups in total. The Kier molecular flexibility index (Phi) is 3.43. The number of aromatic nitrogens is 2. The Morgan fingerprint density at radius 1 is 1.21 bits per heavy atom. The third-order valence-corrected chi connectivity index (χ3v) is 5.34. The van der Waals surface area contributed by atoms with Crippen LogP contribution in [0.4, 0.5) is 0 Å². The van der Waals surface area contributed by atoms with Crippen LogP contribution in [0.5, 0.6) is 0 Å². The Labute approximate surface area is 120 Å². The molecule has 3 aromatic heterocycles. The molecule has 0 unspecified atom stereocenters. The maximum atomic E-state index is 4.61. The average molecular weight is 291 g/mol. The first-order valence-corrected chi connectivity index (χ1v) is 8.08. The fraction of sp³-hybridized carbons (Fsp3) is 0.357. The SMILES string of the molecule is Cc1ccsc1CNCc1c(C)nc2scc(C)n12. The smallest absolute Gasteiger partial charge is 0.194 e. The van der Waals surface area contributed by atoms with E-state index in [4.69, 9.17) is 0 Å². The predicted octanol–water partition coefficient (Wildman–Crippen LogP) is 3.67. The van der Waals surface area contributed by atoms with Gasteiger partial charge in [0, 0.05) is 29.0 Å². The van der Waals surface area contributed by atoms with Crippen LogP contribution in [0, 0.1) is 20.8 Å². The fourth-order valence-electron chi connectivity index (χ4n) is 2.26. The van der Waals surface area contributed by atoms with E-state index >= 15 is 0 Å². The zero-order chi connectivity index (χ0) is 13.4. The number of fused-ring (bicyclic) bond motifs is 1. The molecule has 0 aliphatic heterocycles. The number of rotatable bonds is 4. The summed E-state index contributed by atoms with van der Waals surface area (Å²) in [6.07, 6.45) is 0. The predicted molar refractivity (Wildman–Crippen MR) is 82.1 cm³/mol. The van der Waals surface area contributed by atoms with Gasteiger partial charge in [-0.05, 0) is 37.8 Å². The molecule has 3 rings (SSSR count). The van der Waals surface area contributed by atoms with Crippen LogP contribution >= 0.6 is 22.7 Å². The number of thiazole rings is 1. The standard InChI is InChI=1S/C14H17N3S2/c1-9-4-5-18-13(9)7-15-6-12-11(3)16-14-17(12)10(2)8-19-14/h4-5,8,15H,6-7H2,1-3H3. The van der Waals surface area contributed by atoms with Gasteiger partial charge in [-0.1, -0.05) is 0 Å². The minimum absolute atomic E-state index is 0.863. The van der Waals surface area contributed by atoms with E-state index in [0.29, 0.717) is 0 Å². The Hall–Kier alpha value is -1.17. The monoisotopic (exact) mass is 291 g/mol. The quantitative estimate of drug-likeness (QED) is 0.794. The molecule has 0 fully saturated rings. The van der Waals surface area contributed by atoms with Gasteiger partial charge < -0.3 is 5.32 Å². The second-order valence-electron chi connectivity index (χ2n) is 4.77. The Morgan fingerprint density at radius 2 is 2.05 bits per heavy atom. The van der Waals surface area contributed by atoms with Crippen molar-refractivity contribution in [3.63, 3.8) is 0 Å². The first-order chi connectivity index (χ1) is 9.16. The van der Waals surface area contributed by atoms with Gasteiger partial charge in [0.15, 0.2) is 4.96 Å². The molecule has 0 spiro atoms. The fourth-order valence-corrected chi connectivity index (χ4v) is 4.06. The van der Waals surface area contributed by atoms with E-state index in [2.05, 4.69) is 52.3 Å². The number of thiophene rings is 1. The van der Waals surface area contributed by atoms with Crippen LogP contribution in [0.1, 0.15) is 27.5 Å². The number of nitrogens with zero attached hydrogens (tertiary/aromatic N) is 2. The van der Waals surface area contributed by atoms with Crippen molar-refractivity contribution in [1.29, 1.82) is 0 Å². The molecule has 100 valence electrons. The van der Waals surface area contributed by atoms with E-state index < -0.39 is 0 Å². The number of hydrogen-bond donors (Lipinski definition) is 1. The number of hydrogen-bond acceptors (Lipinski definition) is 4. The van der Waals surface area contributed by atoms with Crippen molar-refractivity contribution >= 4 is 27.6 Å². The van der Waals surface area contributed by atoms with Gasteiger partial charge in [-0.15, -0.1) is 22.7 Å². The zero-order valence-electron chi connectivity index (χ0n) is 11.4. The first kappa shape index (κ1) is 12.8. The molecule has 0 amide bonds. The Bertz CT molecular complexity index is 705. The van der Waals surface area contributed by atoms with Gasteiger partial charge in [-0.25, -0.2) is 4.98 Å². The molecule has 0 aliphatic carbocycles. The number of aryl methyl sites for hydroxylation is 3. The van der Waals surface area contributed by atoms with Gasteiger partial charge in [0.25, 0.3) is 0 Å². The number of nitrogens with one attached hydrogen (secondary N) is 1. The highest BCUT2D eigenvalue weighted by atomic mass is 32.1. The van der Waals surface area contributed by atoms with Crippen LogP contribution in [-0.4, -0.2) is 9.38 Å². The molecule has 3 nitrogen and oxygen atoms in total. The largest absolute Gasteiger partial charge is 0.306 e. The lowest BCUT2D eigenvalue weighted by atomic mass is 10.3. The van der Waals surface area contributed by atoms with Gasteiger partial charge >= 0.3 is 0 Å². The lowest BCUT2D eigenvalue weighted by Crippen LogP contribution is -2.14. The minimum Gasteiger partial charge on any atom is -0.306 e. The molecule has 3 aromatic rings. The van der Waals surface area contributed by atoms with E-state index in [1.807, 2.05) is 11.3 Å². The summed E-state index contributed by atoms with van der Waals surface area (Å²) in [5, 5.41) is 7.85. The summed E-state index contributed by atoms with van der Waals surface area (Å²) in [5.41, 5.74) is 5.05. The maximum absolute atomic E-state index is 4.61. The van der Waals surface area contributed by atoms with Gasteiger partial charge in [0.05, 0.1) is 11.4 Å². The van der Waals surface area contributed by atoms with Crippen molar-refractivity contribution in [2.75, 3.05) is 0 Å². The summed E-state index contributed by atoms with van der Waals surface area (Å²) >= 11 is 3.53.